The van der Waals surface area contributed by atoms with E-state index in [1.807, 2.05) is 24.3 Å². The number of anilines is 1. The van der Waals surface area contributed by atoms with E-state index in [2.05, 4.69) is 62.2 Å². The number of aromatic nitrogens is 2. The van der Waals surface area contributed by atoms with E-state index in [0.29, 0.717) is 24.3 Å². The van der Waals surface area contributed by atoms with Gasteiger partial charge in [0.2, 0.25) is 0 Å². The lowest BCUT2D eigenvalue weighted by molar-refractivity contribution is -0.140. The predicted molar refractivity (Wildman–Crippen MR) is 143 cm³/mol. The summed E-state index contributed by atoms with van der Waals surface area (Å²) in [7, 11) is 0. The molecule has 1 aliphatic rings. The van der Waals surface area contributed by atoms with Crippen molar-refractivity contribution >= 4 is 27.5 Å². The second-order valence-corrected chi connectivity index (χ2v) is 9.51. The maximum atomic E-state index is 13.5. The molecule has 0 spiro atoms. The van der Waals surface area contributed by atoms with Crippen molar-refractivity contribution in [3.63, 3.8) is 0 Å². The molecule has 0 saturated carbocycles. The fraction of sp³-hybridized carbons (Fsp3) is 0.233. The first-order chi connectivity index (χ1) is 18.0. The number of hydrogen-bond donors (Lipinski definition) is 1. The van der Waals surface area contributed by atoms with Crippen molar-refractivity contribution in [1.29, 1.82) is 0 Å². The summed E-state index contributed by atoms with van der Waals surface area (Å²) in [6.07, 6.45) is -3.58. The van der Waals surface area contributed by atoms with E-state index in [1.54, 1.807) is 12.1 Å². The van der Waals surface area contributed by atoms with Crippen LogP contribution >= 0.6 is 0 Å². The van der Waals surface area contributed by atoms with Gasteiger partial charge >= 0.3 is 6.18 Å². The number of pyridine rings is 1. The Kier molecular flexibility index (Phi) is 6.08. The number of fused-ring (bicyclic) bond motifs is 2. The Bertz CT molecular complexity index is 1530. The molecule has 0 aliphatic carbocycles. The Hall–Kier alpha value is -3.84. The molecule has 3 heterocycles. The molecule has 6 rings (SSSR count). The molecule has 3 aromatic carbocycles. The first-order valence-corrected chi connectivity index (χ1v) is 12.6. The average Bonchev–Trinajstić information content (AvgIpc) is 3.30. The molecular weight excluding hydrogens is 473 g/mol. The van der Waals surface area contributed by atoms with E-state index in [9.17, 15) is 13.2 Å². The summed E-state index contributed by atoms with van der Waals surface area (Å²) in [5.74, 6) is 0. The minimum Gasteiger partial charge on any atom is -0.368 e. The van der Waals surface area contributed by atoms with Gasteiger partial charge in [-0.05, 0) is 35.7 Å². The summed E-state index contributed by atoms with van der Waals surface area (Å²) in [5, 5.41) is 2.00. The van der Waals surface area contributed by atoms with Crippen LogP contribution in [-0.2, 0) is 12.6 Å². The summed E-state index contributed by atoms with van der Waals surface area (Å²) >= 11 is 0. The van der Waals surface area contributed by atoms with Crippen LogP contribution in [0.2, 0.25) is 0 Å². The van der Waals surface area contributed by atoms with Crippen LogP contribution in [0.25, 0.3) is 33.1 Å². The normalized spacial score (nSPS) is 15.1. The molecule has 1 fully saturated rings. The summed E-state index contributed by atoms with van der Waals surface area (Å²) < 4.78 is 40.6. The van der Waals surface area contributed by atoms with Gasteiger partial charge in [-0.25, -0.2) is 4.98 Å². The number of piperazine rings is 1. The second kappa shape index (κ2) is 9.56. The molecule has 0 unspecified atom stereocenters. The molecule has 1 N–H and O–H groups in total. The summed E-state index contributed by atoms with van der Waals surface area (Å²) in [4.78, 5) is 11.9. The highest BCUT2D eigenvalue weighted by atomic mass is 19.4. The van der Waals surface area contributed by atoms with E-state index in [0.717, 1.165) is 42.7 Å². The first kappa shape index (κ1) is 23.6. The van der Waals surface area contributed by atoms with Crippen molar-refractivity contribution in [2.75, 3.05) is 37.6 Å². The Balaban J connectivity index is 1.20. The molecule has 0 atom stereocenters. The predicted octanol–water partition coefficient (Wildman–Crippen LogP) is 6.77. The topological polar surface area (TPSA) is 35.2 Å². The van der Waals surface area contributed by atoms with E-state index < -0.39 is 11.9 Å². The highest BCUT2D eigenvalue weighted by molar-refractivity contribution is 5.92. The standard InChI is InChI=1S/C30H27F3N4/c31-30(32,33)28-20-27(24-11-5-7-13-26(24)34-28)37-18-16-36(17-19-37)15-14-23-22-10-4-6-12-25(22)35-29(23)21-8-2-1-3-9-21/h1-13,20,35H,14-19H2. The zero-order chi connectivity index (χ0) is 25.4. The SMILES string of the molecule is FC(F)(F)c1cc(N2CCN(CCc3c(-c4ccccc4)[nH]c4ccccc34)CC2)c2ccccc2n1. The fourth-order valence-corrected chi connectivity index (χ4v) is 5.36. The van der Waals surface area contributed by atoms with Crippen LogP contribution in [0.15, 0.2) is 84.9 Å². The van der Waals surface area contributed by atoms with Crippen LogP contribution in [0, 0.1) is 0 Å². The van der Waals surface area contributed by atoms with Crippen molar-refractivity contribution in [2.24, 2.45) is 0 Å². The Morgan fingerprint density at radius 2 is 1.46 bits per heavy atom. The number of rotatable bonds is 5. The number of benzene rings is 3. The number of H-pyrrole nitrogens is 1. The van der Waals surface area contributed by atoms with Crippen molar-refractivity contribution in [3.8, 4) is 11.3 Å². The van der Waals surface area contributed by atoms with Gasteiger partial charge in [-0.15, -0.1) is 0 Å². The second-order valence-electron chi connectivity index (χ2n) is 9.51. The zero-order valence-corrected chi connectivity index (χ0v) is 20.3. The van der Waals surface area contributed by atoms with E-state index in [4.69, 9.17) is 0 Å². The minimum atomic E-state index is -4.48. The summed E-state index contributed by atoms with van der Waals surface area (Å²) in [6, 6.07) is 27.1. The maximum absolute atomic E-state index is 13.5. The van der Waals surface area contributed by atoms with E-state index in [-0.39, 0.29) is 0 Å². The molecular formula is C30H27F3N4. The summed E-state index contributed by atoms with van der Waals surface area (Å²) in [6.45, 7) is 3.82. The smallest absolute Gasteiger partial charge is 0.368 e. The van der Waals surface area contributed by atoms with Crippen LogP contribution in [0.4, 0.5) is 18.9 Å². The lowest BCUT2D eigenvalue weighted by Gasteiger charge is -2.36. The summed E-state index contributed by atoms with van der Waals surface area (Å²) in [5.41, 5.74) is 4.91. The molecule has 188 valence electrons. The lowest BCUT2D eigenvalue weighted by Crippen LogP contribution is -2.47. The number of aromatic amines is 1. The monoisotopic (exact) mass is 500 g/mol. The van der Waals surface area contributed by atoms with Gasteiger partial charge in [0.15, 0.2) is 0 Å². The molecule has 2 aromatic heterocycles. The van der Waals surface area contributed by atoms with Crippen LogP contribution in [0.3, 0.4) is 0 Å². The van der Waals surface area contributed by atoms with Gasteiger partial charge in [0.1, 0.15) is 5.69 Å². The van der Waals surface area contributed by atoms with Gasteiger partial charge in [-0.3, -0.25) is 4.90 Å². The highest BCUT2D eigenvalue weighted by Gasteiger charge is 2.34. The maximum Gasteiger partial charge on any atom is 0.433 e. The van der Waals surface area contributed by atoms with E-state index >= 15 is 0 Å². The van der Waals surface area contributed by atoms with Gasteiger partial charge in [-0.1, -0.05) is 66.7 Å². The van der Waals surface area contributed by atoms with Crippen molar-refractivity contribution in [2.45, 2.75) is 12.6 Å². The van der Waals surface area contributed by atoms with Crippen molar-refractivity contribution in [3.05, 3.63) is 96.2 Å². The molecule has 0 radical (unpaired) electrons. The molecule has 7 heteroatoms. The van der Waals surface area contributed by atoms with Gasteiger partial charge in [-0.2, -0.15) is 13.2 Å². The number of alkyl halides is 3. The molecule has 0 bridgehead atoms. The number of halogens is 3. The highest BCUT2D eigenvalue weighted by Crippen LogP contribution is 2.35. The van der Waals surface area contributed by atoms with Crippen LogP contribution in [0.5, 0.6) is 0 Å². The largest absolute Gasteiger partial charge is 0.433 e. The third-order valence-electron chi connectivity index (χ3n) is 7.25. The number of nitrogens with zero attached hydrogens (tertiary/aromatic N) is 3. The van der Waals surface area contributed by atoms with Crippen molar-refractivity contribution in [1.82, 2.24) is 14.9 Å². The number of hydrogen-bond acceptors (Lipinski definition) is 3. The number of para-hydroxylation sites is 2. The Morgan fingerprint density at radius 3 is 2.22 bits per heavy atom. The zero-order valence-electron chi connectivity index (χ0n) is 20.3. The molecule has 4 nitrogen and oxygen atoms in total. The van der Waals surface area contributed by atoms with Gasteiger partial charge < -0.3 is 9.88 Å². The van der Waals surface area contributed by atoms with E-state index in [1.165, 1.54) is 22.6 Å². The minimum absolute atomic E-state index is 0.377. The van der Waals surface area contributed by atoms with Gasteiger partial charge in [0.05, 0.1) is 5.52 Å². The third kappa shape index (κ3) is 4.67. The van der Waals surface area contributed by atoms with Crippen LogP contribution < -0.4 is 4.90 Å². The van der Waals surface area contributed by atoms with Crippen molar-refractivity contribution < 1.29 is 13.2 Å². The van der Waals surface area contributed by atoms with Crippen LogP contribution in [0.1, 0.15) is 11.3 Å². The number of nitrogens with one attached hydrogen (secondary N) is 1. The molecule has 1 saturated heterocycles. The Morgan fingerprint density at radius 1 is 0.784 bits per heavy atom. The van der Waals surface area contributed by atoms with Crippen LogP contribution in [-0.4, -0.2) is 47.6 Å². The first-order valence-electron chi connectivity index (χ1n) is 12.6. The fourth-order valence-electron chi connectivity index (χ4n) is 5.36. The third-order valence-corrected chi connectivity index (χ3v) is 7.25. The van der Waals surface area contributed by atoms with Gasteiger partial charge in [0.25, 0.3) is 0 Å². The molecule has 5 aromatic rings. The lowest BCUT2D eigenvalue weighted by atomic mass is 10.0. The Labute approximate surface area is 213 Å². The average molecular weight is 501 g/mol. The van der Waals surface area contributed by atoms with Gasteiger partial charge in [0, 0.05) is 60.4 Å². The molecule has 37 heavy (non-hydrogen) atoms. The molecule has 0 amide bonds. The molecule has 1 aliphatic heterocycles. The quantitative estimate of drug-likeness (QED) is 0.289.